The van der Waals surface area contributed by atoms with E-state index in [9.17, 15) is 4.79 Å². The van der Waals surface area contributed by atoms with Crippen molar-refractivity contribution in [3.8, 4) is 11.3 Å². The van der Waals surface area contributed by atoms with Gasteiger partial charge in [0.1, 0.15) is 0 Å². The van der Waals surface area contributed by atoms with E-state index in [4.69, 9.17) is 5.11 Å². The number of rotatable bonds is 4. The van der Waals surface area contributed by atoms with Gasteiger partial charge < -0.3 is 10.1 Å². The van der Waals surface area contributed by atoms with E-state index >= 15 is 0 Å². The lowest BCUT2D eigenvalue weighted by Crippen LogP contribution is -1.98. The highest BCUT2D eigenvalue weighted by atomic mass is 16.4. The molecule has 0 aliphatic heterocycles. The molecule has 0 fully saturated rings. The SMILES string of the molecule is Cc1ccc(C)c2c(CCC(=O)O)c(-c3ccccc3)[nH]c12. The van der Waals surface area contributed by atoms with E-state index in [1.165, 1.54) is 16.5 Å². The molecule has 2 N–H and O–H groups in total. The second kappa shape index (κ2) is 5.68. The van der Waals surface area contributed by atoms with Gasteiger partial charge in [0.25, 0.3) is 0 Å². The lowest BCUT2D eigenvalue weighted by molar-refractivity contribution is -0.136. The van der Waals surface area contributed by atoms with Crippen molar-refractivity contribution < 1.29 is 9.90 Å². The van der Waals surface area contributed by atoms with Gasteiger partial charge in [-0.3, -0.25) is 4.79 Å². The Hall–Kier alpha value is -2.55. The van der Waals surface area contributed by atoms with Crippen LogP contribution in [0.5, 0.6) is 0 Å². The number of aromatic nitrogens is 1. The van der Waals surface area contributed by atoms with Crippen LogP contribution in [0.25, 0.3) is 22.2 Å². The van der Waals surface area contributed by atoms with Crippen LogP contribution in [0.2, 0.25) is 0 Å². The fourth-order valence-electron chi connectivity index (χ4n) is 3.02. The van der Waals surface area contributed by atoms with Gasteiger partial charge in [-0.05, 0) is 42.5 Å². The maximum atomic E-state index is 11.0. The molecule has 0 saturated carbocycles. The maximum Gasteiger partial charge on any atom is 0.303 e. The Labute approximate surface area is 129 Å². The molecular formula is C19H19NO2. The van der Waals surface area contributed by atoms with Gasteiger partial charge in [0.2, 0.25) is 0 Å². The molecule has 3 nitrogen and oxygen atoms in total. The van der Waals surface area contributed by atoms with Crippen LogP contribution in [0, 0.1) is 13.8 Å². The second-order valence-electron chi connectivity index (χ2n) is 5.69. The minimum atomic E-state index is -0.765. The first-order chi connectivity index (χ1) is 10.6. The molecule has 0 aliphatic carbocycles. The Morgan fingerprint density at radius 3 is 2.41 bits per heavy atom. The Kier molecular flexibility index (Phi) is 3.72. The molecule has 22 heavy (non-hydrogen) atoms. The third-order valence-electron chi connectivity index (χ3n) is 4.13. The molecule has 3 heteroatoms. The first kappa shape index (κ1) is 14.4. The van der Waals surface area contributed by atoms with Crippen molar-refractivity contribution in [2.75, 3.05) is 0 Å². The van der Waals surface area contributed by atoms with E-state index in [1.807, 2.05) is 18.2 Å². The van der Waals surface area contributed by atoms with Crippen molar-refractivity contribution >= 4 is 16.9 Å². The summed E-state index contributed by atoms with van der Waals surface area (Å²) in [4.78, 5) is 14.5. The molecule has 3 rings (SSSR count). The molecular weight excluding hydrogens is 274 g/mol. The summed E-state index contributed by atoms with van der Waals surface area (Å²) in [6.07, 6.45) is 0.671. The van der Waals surface area contributed by atoms with E-state index in [2.05, 4.69) is 43.1 Å². The fourth-order valence-corrected chi connectivity index (χ4v) is 3.02. The van der Waals surface area contributed by atoms with Crippen LogP contribution < -0.4 is 0 Å². The first-order valence-corrected chi connectivity index (χ1v) is 7.46. The minimum Gasteiger partial charge on any atom is -0.481 e. The van der Waals surface area contributed by atoms with Crippen LogP contribution in [0.3, 0.4) is 0 Å². The monoisotopic (exact) mass is 293 g/mol. The van der Waals surface area contributed by atoms with Crippen LogP contribution in [-0.2, 0) is 11.2 Å². The smallest absolute Gasteiger partial charge is 0.303 e. The maximum absolute atomic E-state index is 11.0. The normalized spacial score (nSPS) is 11.0. The number of carboxylic acids is 1. The summed E-state index contributed by atoms with van der Waals surface area (Å²) < 4.78 is 0. The standard InChI is InChI=1S/C19H19NO2/c1-12-8-9-13(2)18-17(12)15(10-11-16(21)22)19(20-18)14-6-4-3-5-7-14/h3-9,20H,10-11H2,1-2H3,(H,21,22). The van der Waals surface area contributed by atoms with Gasteiger partial charge in [0.15, 0.2) is 0 Å². The van der Waals surface area contributed by atoms with Gasteiger partial charge in [0, 0.05) is 23.0 Å². The zero-order valence-electron chi connectivity index (χ0n) is 12.8. The Balaban J connectivity index is 2.26. The Morgan fingerprint density at radius 1 is 1.05 bits per heavy atom. The van der Waals surface area contributed by atoms with E-state index in [1.54, 1.807) is 0 Å². The van der Waals surface area contributed by atoms with Crippen molar-refractivity contribution in [3.63, 3.8) is 0 Å². The van der Waals surface area contributed by atoms with E-state index < -0.39 is 5.97 Å². The highest BCUT2D eigenvalue weighted by molar-refractivity contribution is 5.95. The number of nitrogens with one attached hydrogen (secondary N) is 1. The summed E-state index contributed by atoms with van der Waals surface area (Å²) >= 11 is 0. The predicted molar refractivity (Wildman–Crippen MR) is 89.2 cm³/mol. The fraction of sp³-hybridized carbons (Fsp3) is 0.211. The van der Waals surface area contributed by atoms with Crippen molar-refractivity contribution in [1.29, 1.82) is 0 Å². The molecule has 0 bridgehead atoms. The number of hydrogen-bond acceptors (Lipinski definition) is 1. The van der Waals surface area contributed by atoms with Crippen LogP contribution in [0.15, 0.2) is 42.5 Å². The Morgan fingerprint density at radius 2 is 1.73 bits per heavy atom. The van der Waals surface area contributed by atoms with Crippen LogP contribution >= 0.6 is 0 Å². The van der Waals surface area contributed by atoms with Crippen LogP contribution in [0.4, 0.5) is 0 Å². The molecule has 0 spiro atoms. The second-order valence-corrected chi connectivity index (χ2v) is 5.69. The number of carboxylic acid groups (broad SMARTS) is 1. The molecule has 0 aliphatic rings. The van der Waals surface area contributed by atoms with E-state index in [0.29, 0.717) is 6.42 Å². The van der Waals surface area contributed by atoms with Crippen LogP contribution in [-0.4, -0.2) is 16.1 Å². The number of fused-ring (bicyclic) bond motifs is 1. The lowest BCUT2D eigenvalue weighted by atomic mass is 9.97. The summed E-state index contributed by atoms with van der Waals surface area (Å²) in [5, 5.41) is 10.2. The number of benzene rings is 2. The quantitative estimate of drug-likeness (QED) is 0.745. The lowest BCUT2D eigenvalue weighted by Gasteiger charge is -2.05. The average Bonchev–Trinajstić information content (AvgIpc) is 2.90. The summed E-state index contributed by atoms with van der Waals surface area (Å²) in [5.74, 6) is -0.765. The summed E-state index contributed by atoms with van der Waals surface area (Å²) in [6, 6.07) is 14.3. The molecule has 0 atom stereocenters. The average molecular weight is 293 g/mol. The molecule has 1 aromatic heterocycles. The third kappa shape index (κ3) is 2.50. The predicted octanol–water partition coefficient (Wildman–Crippen LogP) is 4.47. The highest BCUT2D eigenvalue weighted by Gasteiger charge is 2.16. The number of carbonyl (C=O) groups is 1. The Bertz CT molecular complexity index is 832. The molecule has 3 aromatic rings. The van der Waals surface area contributed by atoms with Crippen molar-refractivity contribution in [1.82, 2.24) is 4.98 Å². The summed E-state index contributed by atoms with van der Waals surface area (Å²) in [5.41, 5.74) is 6.70. The summed E-state index contributed by atoms with van der Waals surface area (Å²) in [6.45, 7) is 4.16. The molecule has 112 valence electrons. The molecule has 0 amide bonds. The van der Waals surface area contributed by atoms with Gasteiger partial charge in [-0.15, -0.1) is 0 Å². The van der Waals surface area contributed by atoms with Crippen molar-refractivity contribution in [2.45, 2.75) is 26.7 Å². The first-order valence-electron chi connectivity index (χ1n) is 7.46. The van der Waals surface area contributed by atoms with Gasteiger partial charge in [-0.1, -0.05) is 42.5 Å². The van der Waals surface area contributed by atoms with Crippen molar-refractivity contribution in [2.24, 2.45) is 0 Å². The van der Waals surface area contributed by atoms with Gasteiger partial charge in [0.05, 0.1) is 0 Å². The summed E-state index contributed by atoms with van der Waals surface area (Å²) in [7, 11) is 0. The molecule has 2 aromatic carbocycles. The molecule has 0 radical (unpaired) electrons. The largest absolute Gasteiger partial charge is 0.481 e. The zero-order valence-corrected chi connectivity index (χ0v) is 12.8. The highest BCUT2D eigenvalue weighted by Crippen LogP contribution is 2.34. The number of aromatic amines is 1. The van der Waals surface area contributed by atoms with Gasteiger partial charge >= 0.3 is 5.97 Å². The topological polar surface area (TPSA) is 53.1 Å². The van der Waals surface area contributed by atoms with Gasteiger partial charge in [-0.2, -0.15) is 0 Å². The third-order valence-corrected chi connectivity index (χ3v) is 4.13. The number of aliphatic carboxylic acids is 1. The molecule has 0 unspecified atom stereocenters. The van der Waals surface area contributed by atoms with Crippen LogP contribution in [0.1, 0.15) is 23.1 Å². The molecule has 0 saturated heterocycles. The molecule has 1 heterocycles. The number of aryl methyl sites for hydroxylation is 3. The van der Waals surface area contributed by atoms with Gasteiger partial charge in [-0.25, -0.2) is 0 Å². The van der Waals surface area contributed by atoms with E-state index in [0.717, 1.165) is 22.3 Å². The number of H-pyrrole nitrogens is 1. The van der Waals surface area contributed by atoms with E-state index in [-0.39, 0.29) is 6.42 Å². The zero-order chi connectivity index (χ0) is 15.7. The van der Waals surface area contributed by atoms with Crippen molar-refractivity contribution in [3.05, 3.63) is 59.2 Å². The number of hydrogen-bond donors (Lipinski definition) is 2. The minimum absolute atomic E-state index is 0.139.